The first-order valence-electron chi connectivity index (χ1n) is 9.03. The summed E-state index contributed by atoms with van der Waals surface area (Å²) in [7, 11) is 1.00. The van der Waals surface area contributed by atoms with E-state index in [1.807, 2.05) is 35.7 Å². The second-order valence-electron chi connectivity index (χ2n) is 6.30. The standard InChI is InChI=1S/C20H20N2O2S2.CH4O/c1-14(11-21-12-17-6-3-8-25-17)13-23-16-5-2-4-15(10-16)19-20-18(24-22-19)7-9-26-20;1-2/h2-10,14,21H,11-13H2,1H3;2H,1H3. The van der Waals surface area contributed by atoms with Gasteiger partial charge in [0.1, 0.15) is 16.1 Å². The molecule has 0 radical (unpaired) electrons. The first kappa shape index (κ1) is 20.5. The Labute approximate surface area is 172 Å². The van der Waals surface area contributed by atoms with Gasteiger partial charge in [-0.3, -0.25) is 0 Å². The Morgan fingerprint density at radius 2 is 2.04 bits per heavy atom. The lowest BCUT2D eigenvalue weighted by Gasteiger charge is -2.14. The third-order valence-electron chi connectivity index (χ3n) is 4.09. The highest BCUT2D eigenvalue weighted by molar-refractivity contribution is 7.17. The van der Waals surface area contributed by atoms with E-state index in [4.69, 9.17) is 14.4 Å². The molecule has 1 atom stereocenters. The molecule has 1 aromatic carbocycles. The van der Waals surface area contributed by atoms with Crippen LogP contribution in [0.4, 0.5) is 0 Å². The van der Waals surface area contributed by atoms with Gasteiger partial charge in [0.2, 0.25) is 0 Å². The smallest absolute Gasteiger partial charge is 0.178 e. The lowest BCUT2D eigenvalue weighted by molar-refractivity contribution is 0.255. The summed E-state index contributed by atoms with van der Waals surface area (Å²) in [6, 6.07) is 14.2. The predicted molar refractivity (Wildman–Crippen MR) is 116 cm³/mol. The number of fused-ring (bicyclic) bond motifs is 1. The van der Waals surface area contributed by atoms with Gasteiger partial charge in [-0.2, -0.15) is 0 Å². The molecule has 3 heterocycles. The Morgan fingerprint density at radius 1 is 1.14 bits per heavy atom. The monoisotopic (exact) mass is 416 g/mol. The van der Waals surface area contributed by atoms with E-state index < -0.39 is 0 Å². The van der Waals surface area contributed by atoms with Gasteiger partial charge in [-0.05, 0) is 35.0 Å². The van der Waals surface area contributed by atoms with Crippen molar-refractivity contribution in [1.82, 2.24) is 10.5 Å². The molecule has 5 nitrogen and oxygen atoms in total. The fraction of sp³-hybridized carbons (Fsp3) is 0.286. The number of aliphatic hydroxyl groups excluding tert-OH is 1. The van der Waals surface area contributed by atoms with Gasteiger partial charge in [0.15, 0.2) is 5.58 Å². The number of benzene rings is 1. The molecular formula is C21H24N2O3S2. The summed E-state index contributed by atoms with van der Waals surface area (Å²) >= 11 is 3.42. The summed E-state index contributed by atoms with van der Waals surface area (Å²) in [5.74, 6) is 1.29. The van der Waals surface area contributed by atoms with Crippen LogP contribution in [0.3, 0.4) is 0 Å². The molecule has 148 valence electrons. The molecule has 4 aromatic rings. The molecule has 0 saturated heterocycles. The van der Waals surface area contributed by atoms with Crippen molar-refractivity contribution in [3.63, 3.8) is 0 Å². The zero-order chi connectivity index (χ0) is 19.8. The highest BCUT2D eigenvalue weighted by Gasteiger charge is 2.12. The van der Waals surface area contributed by atoms with Gasteiger partial charge in [-0.25, -0.2) is 0 Å². The molecule has 2 N–H and O–H groups in total. The topological polar surface area (TPSA) is 67.5 Å². The number of ether oxygens (including phenoxy) is 1. The molecule has 0 saturated carbocycles. The molecule has 0 amide bonds. The van der Waals surface area contributed by atoms with E-state index in [0.29, 0.717) is 12.5 Å². The minimum absolute atomic E-state index is 0.426. The SMILES string of the molecule is CC(CNCc1cccs1)COc1cccc(-c2noc3ccsc23)c1.CO. The summed E-state index contributed by atoms with van der Waals surface area (Å²) in [6.07, 6.45) is 0. The normalized spacial score (nSPS) is 11.8. The van der Waals surface area contributed by atoms with Crippen molar-refractivity contribution in [1.29, 1.82) is 0 Å². The zero-order valence-corrected chi connectivity index (χ0v) is 17.6. The lowest BCUT2D eigenvalue weighted by Crippen LogP contribution is -2.24. The minimum atomic E-state index is 0.426. The highest BCUT2D eigenvalue weighted by atomic mass is 32.1. The Bertz CT molecular complexity index is 963. The van der Waals surface area contributed by atoms with Crippen LogP contribution in [0.2, 0.25) is 0 Å². The van der Waals surface area contributed by atoms with E-state index in [2.05, 4.69) is 34.9 Å². The van der Waals surface area contributed by atoms with Crippen LogP contribution in [0.25, 0.3) is 21.5 Å². The van der Waals surface area contributed by atoms with Crippen LogP contribution < -0.4 is 10.1 Å². The summed E-state index contributed by atoms with van der Waals surface area (Å²) in [4.78, 5) is 1.36. The average Bonchev–Trinajstić information content (AvgIpc) is 3.46. The molecule has 0 bridgehead atoms. The molecule has 0 aliphatic heterocycles. The Kier molecular flexibility index (Phi) is 7.62. The number of thiophene rings is 2. The maximum atomic E-state index is 7.00. The predicted octanol–water partition coefficient (Wildman–Crippen LogP) is 5.03. The molecule has 0 aliphatic rings. The molecule has 0 spiro atoms. The van der Waals surface area contributed by atoms with Gasteiger partial charge in [-0.15, -0.1) is 22.7 Å². The maximum absolute atomic E-state index is 7.00. The number of nitrogens with one attached hydrogen (secondary N) is 1. The molecule has 7 heteroatoms. The first-order chi connectivity index (χ1) is 13.8. The van der Waals surface area contributed by atoms with E-state index in [0.717, 1.165) is 47.5 Å². The number of nitrogens with zero attached hydrogens (tertiary/aromatic N) is 1. The van der Waals surface area contributed by atoms with E-state index in [1.165, 1.54) is 4.88 Å². The van der Waals surface area contributed by atoms with Crippen LogP contribution in [0.1, 0.15) is 11.8 Å². The summed E-state index contributed by atoms with van der Waals surface area (Å²) in [5, 5.41) is 18.8. The Balaban J connectivity index is 0.00000109. The van der Waals surface area contributed by atoms with Crippen molar-refractivity contribution in [3.8, 4) is 17.0 Å². The van der Waals surface area contributed by atoms with Crippen LogP contribution in [0, 0.1) is 5.92 Å². The third-order valence-corrected chi connectivity index (χ3v) is 5.87. The van der Waals surface area contributed by atoms with Crippen LogP contribution in [-0.2, 0) is 6.54 Å². The number of hydrogen-bond acceptors (Lipinski definition) is 7. The molecule has 0 fully saturated rings. The van der Waals surface area contributed by atoms with Crippen molar-refractivity contribution in [2.45, 2.75) is 13.5 Å². The molecule has 1 unspecified atom stereocenters. The minimum Gasteiger partial charge on any atom is -0.493 e. The Hall–Kier alpha value is -2.19. The number of hydrogen-bond donors (Lipinski definition) is 2. The van der Waals surface area contributed by atoms with Crippen LogP contribution in [0.5, 0.6) is 5.75 Å². The number of rotatable bonds is 8. The zero-order valence-electron chi connectivity index (χ0n) is 15.9. The summed E-state index contributed by atoms with van der Waals surface area (Å²) in [5.41, 5.74) is 2.74. The second-order valence-corrected chi connectivity index (χ2v) is 8.25. The third kappa shape index (κ3) is 5.20. The summed E-state index contributed by atoms with van der Waals surface area (Å²) in [6.45, 7) is 4.71. The molecule has 28 heavy (non-hydrogen) atoms. The van der Waals surface area contributed by atoms with Crippen molar-refractivity contribution in [2.24, 2.45) is 5.92 Å². The van der Waals surface area contributed by atoms with Crippen molar-refractivity contribution < 1.29 is 14.4 Å². The maximum Gasteiger partial charge on any atom is 0.178 e. The van der Waals surface area contributed by atoms with Gasteiger partial charge in [0, 0.05) is 36.6 Å². The van der Waals surface area contributed by atoms with E-state index in [-0.39, 0.29) is 0 Å². The number of aliphatic hydroxyl groups is 1. The second kappa shape index (κ2) is 10.4. The quantitative estimate of drug-likeness (QED) is 0.422. The fourth-order valence-electron chi connectivity index (χ4n) is 2.75. The molecular weight excluding hydrogens is 392 g/mol. The summed E-state index contributed by atoms with van der Waals surface area (Å²) < 4.78 is 12.4. The van der Waals surface area contributed by atoms with E-state index in [1.54, 1.807) is 22.7 Å². The van der Waals surface area contributed by atoms with Crippen LogP contribution >= 0.6 is 22.7 Å². The molecule has 0 aliphatic carbocycles. The van der Waals surface area contributed by atoms with Crippen molar-refractivity contribution in [3.05, 3.63) is 58.1 Å². The first-order valence-corrected chi connectivity index (χ1v) is 10.8. The largest absolute Gasteiger partial charge is 0.493 e. The average molecular weight is 417 g/mol. The van der Waals surface area contributed by atoms with Gasteiger partial charge < -0.3 is 19.7 Å². The van der Waals surface area contributed by atoms with Crippen LogP contribution in [-0.4, -0.2) is 30.5 Å². The lowest BCUT2D eigenvalue weighted by atomic mass is 10.1. The van der Waals surface area contributed by atoms with Gasteiger partial charge >= 0.3 is 0 Å². The van der Waals surface area contributed by atoms with Gasteiger partial charge in [0.25, 0.3) is 0 Å². The number of aromatic nitrogens is 1. The van der Waals surface area contributed by atoms with Crippen molar-refractivity contribution >= 4 is 33.0 Å². The highest BCUT2D eigenvalue weighted by Crippen LogP contribution is 2.33. The molecule has 4 rings (SSSR count). The Morgan fingerprint density at radius 3 is 2.86 bits per heavy atom. The van der Waals surface area contributed by atoms with Crippen LogP contribution in [0.15, 0.2) is 57.7 Å². The van der Waals surface area contributed by atoms with E-state index >= 15 is 0 Å². The molecule has 3 aromatic heterocycles. The fourth-order valence-corrected chi connectivity index (χ4v) is 4.24. The van der Waals surface area contributed by atoms with Gasteiger partial charge in [0.05, 0.1) is 6.61 Å². The van der Waals surface area contributed by atoms with Gasteiger partial charge in [-0.1, -0.05) is 30.3 Å². The van der Waals surface area contributed by atoms with E-state index in [9.17, 15) is 0 Å². The van der Waals surface area contributed by atoms with Crippen molar-refractivity contribution in [2.75, 3.05) is 20.3 Å².